The van der Waals surface area contributed by atoms with E-state index in [1.807, 2.05) is 14.0 Å². The van der Waals surface area contributed by atoms with Gasteiger partial charge >= 0.3 is 0 Å². The maximum atomic E-state index is 11.6. The standard InChI is InChI=1S/C15H26N2O3S/c1-11(2)16-8-15-7-13(12(3)20-15)9-17(4)14-5-6-21(18,19)10-14/h7,11,14,16H,5-6,8-10H2,1-4H3. The molecule has 1 unspecified atom stereocenters. The predicted molar refractivity (Wildman–Crippen MR) is 83.9 cm³/mol. The topological polar surface area (TPSA) is 62.6 Å². The molecule has 1 saturated heterocycles. The fourth-order valence-electron chi connectivity index (χ4n) is 2.66. The molecule has 2 heterocycles. The molecule has 0 amide bonds. The summed E-state index contributed by atoms with van der Waals surface area (Å²) < 4.78 is 28.9. The number of rotatable bonds is 6. The zero-order chi connectivity index (χ0) is 15.6. The molecule has 2 rings (SSSR count). The third-order valence-corrected chi connectivity index (χ3v) is 5.76. The first kappa shape index (κ1) is 16.5. The highest BCUT2D eigenvalue weighted by molar-refractivity contribution is 7.91. The van der Waals surface area contributed by atoms with Crippen LogP contribution in [0.4, 0.5) is 0 Å². The van der Waals surface area contributed by atoms with Crippen LogP contribution in [0.25, 0.3) is 0 Å². The molecule has 1 aromatic heterocycles. The second-order valence-electron chi connectivity index (χ2n) is 6.30. The Morgan fingerprint density at radius 2 is 2.19 bits per heavy atom. The van der Waals surface area contributed by atoms with Crippen LogP contribution < -0.4 is 5.32 Å². The molecular weight excluding hydrogens is 288 g/mol. The molecule has 1 aromatic rings. The molecule has 1 atom stereocenters. The van der Waals surface area contributed by atoms with E-state index >= 15 is 0 Å². The van der Waals surface area contributed by atoms with Crippen molar-refractivity contribution >= 4 is 9.84 Å². The van der Waals surface area contributed by atoms with Gasteiger partial charge in [-0.3, -0.25) is 4.90 Å². The minimum absolute atomic E-state index is 0.126. The molecule has 0 aliphatic carbocycles. The molecule has 6 heteroatoms. The van der Waals surface area contributed by atoms with Crippen LogP contribution in [0.1, 0.15) is 37.4 Å². The highest BCUT2D eigenvalue weighted by Crippen LogP contribution is 2.21. The number of nitrogens with one attached hydrogen (secondary N) is 1. The van der Waals surface area contributed by atoms with Gasteiger partial charge in [-0.05, 0) is 26.5 Å². The van der Waals surface area contributed by atoms with Gasteiger partial charge in [0.1, 0.15) is 11.5 Å². The maximum absolute atomic E-state index is 11.6. The minimum atomic E-state index is -2.83. The third-order valence-electron chi connectivity index (χ3n) is 4.01. The summed E-state index contributed by atoms with van der Waals surface area (Å²) in [6, 6.07) is 2.62. The average molecular weight is 314 g/mol. The van der Waals surface area contributed by atoms with Gasteiger partial charge in [-0.2, -0.15) is 0 Å². The zero-order valence-corrected chi connectivity index (χ0v) is 14.2. The van der Waals surface area contributed by atoms with Crippen molar-refractivity contribution in [3.63, 3.8) is 0 Å². The second kappa shape index (κ2) is 6.50. The van der Waals surface area contributed by atoms with Crippen molar-refractivity contribution in [1.29, 1.82) is 0 Å². The van der Waals surface area contributed by atoms with Gasteiger partial charge in [0.05, 0.1) is 18.1 Å². The van der Waals surface area contributed by atoms with Crippen LogP contribution in [0.5, 0.6) is 0 Å². The van der Waals surface area contributed by atoms with Gasteiger partial charge in [-0.1, -0.05) is 13.8 Å². The first-order valence-electron chi connectivity index (χ1n) is 7.49. The maximum Gasteiger partial charge on any atom is 0.151 e. The molecule has 1 fully saturated rings. The van der Waals surface area contributed by atoms with Crippen molar-refractivity contribution in [2.75, 3.05) is 18.6 Å². The molecule has 120 valence electrons. The van der Waals surface area contributed by atoms with Crippen molar-refractivity contribution in [1.82, 2.24) is 10.2 Å². The summed E-state index contributed by atoms with van der Waals surface area (Å²) in [6.45, 7) is 7.63. The summed E-state index contributed by atoms with van der Waals surface area (Å²) in [5.74, 6) is 2.45. The Bertz CT molecular complexity index is 578. The van der Waals surface area contributed by atoms with Crippen molar-refractivity contribution in [2.45, 2.75) is 52.4 Å². The van der Waals surface area contributed by atoms with E-state index in [0.29, 0.717) is 11.8 Å². The number of hydrogen-bond donors (Lipinski definition) is 1. The first-order chi connectivity index (χ1) is 9.77. The summed E-state index contributed by atoms with van der Waals surface area (Å²) >= 11 is 0. The average Bonchev–Trinajstić information content (AvgIpc) is 2.90. The van der Waals surface area contributed by atoms with E-state index in [9.17, 15) is 8.42 Å². The van der Waals surface area contributed by atoms with Gasteiger partial charge in [-0.15, -0.1) is 0 Å². The van der Waals surface area contributed by atoms with Gasteiger partial charge in [0.15, 0.2) is 9.84 Å². The summed E-state index contributed by atoms with van der Waals surface area (Å²) in [5.41, 5.74) is 1.14. The molecule has 0 saturated carbocycles. The van der Waals surface area contributed by atoms with E-state index in [0.717, 1.165) is 36.6 Å². The molecule has 0 bridgehead atoms. The molecular formula is C15H26N2O3S. The zero-order valence-electron chi connectivity index (χ0n) is 13.3. The first-order valence-corrected chi connectivity index (χ1v) is 9.31. The number of furan rings is 1. The number of aryl methyl sites for hydroxylation is 1. The van der Waals surface area contributed by atoms with Crippen LogP contribution in [0.2, 0.25) is 0 Å². The smallest absolute Gasteiger partial charge is 0.151 e. The van der Waals surface area contributed by atoms with Gasteiger partial charge in [0.2, 0.25) is 0 Å². The van der Waals surface area contributed by atoms with Crippen molar-refractivity contribution < 1.29 is 12.8 Å². The van der Waals surface area contributed by atoms with Gasteiger partial charge in [-0.25, -0.2) is 8.42 Å². The SMILES string of the molecule is Cc1oc(CNC(C)C)cc1CN(C)C1CCS(=O)(=O)C1. The van der Waals surface area contributed by atoms with Crippen molar-refractivity contribution in [3.05, 3.63) is 23.2 Å². The van der Waals surface area contributed by atoms with E-state index in [-0.39, 0.29) is 11.8 Å². The van der Waals surface area contributed by atoms with Crippen LogP contribution in [0, 0.1) is 6.92 Å². The largest absolute Gasteiger partial charge is 0.465 e. The van der Waals surface area contributed by atoms with E-state index in [4.69, 9.17) is 4.42 Å². The molecule has 1 aliphatic rings. The van der Waals surface area contributed by atoms with Crippen molar-refractivity contribution in [3.8, 4) is 0 Å². The summed E-state index contributed by atoms with van der Waals surface area (Å²) in [4.78, 5) is 2.13. The van der Waals surface area contributed by atoms with Crippen LogP contribution >= 0.6 is 0 Å². The van der Waals surface area contributed by atoms with Gasteiger partial charge in [0, 0.05) is 24.2 Å². The lowest BCUT2D eigenvalue weighted by molar-refractivity contribution is 0.252. The van der Waals surface area contributed by atoms with E-state index in [1.165, 1.54) is 0 Å². The molecule has 1 N–H and O–H groups in total. The molecule has 0 radical (unpaired) electrons. The fourth-order valence-corrected chi connectivity index (χ4v) is 4.46. The van der Waals surface area contributed by atoms with Crippen LogP contribution in [-0.4, -0.2) is 44.0 Å². The van der Waals surface area contributed by atoms with E-state index in [2.05, 4.69) is 30.1 Å². The Labute approximate surface area is 127 Å². The normalized spacial score (nSPS) is 21.5. The Morgan fingerprint density at radius 3 is 2.76 bits per heavy atom. The third kappa shape index (κ3) is 4.56. The quantitative estimate of drug-likeness (QED) is 0.866. The molecule has 1 aliphatic heterocycles. The summed E-state index contributed by atoms with van der Waals surface area (Å²) in [6.07, 6.45) is 0.734. The predicted octanol–water partition coefficient (Wildman–Crippen LogP) is 1.70. The lowest BCUT2D eigenvalue weighted by Gasteiger charge is -2.22. The van der Waals surface area contributed by atoms with Crippen LogP contribution in [0.3, 0.4) is 0 Å². The lowest BCUT2D eigenvalue weighted by atomic mass is 10.2. The van der Waals surface area contributed by atoms with E-state index < -0.39 is 9.84 Å². The molecule has 0 aromatic carbocycles. The monoisotopic (exact) mass is 314 g/mol. The highest BCUT2D eigenvalue weighted by Gasteiger charge is 2.30. The molecule has 5 nitrogen and oxygen atoms in total. The number of hydrogen-bond acceptors (Lipinski definition) is 5. The Kier molecular flexibility index (Phi) is 5.11. The lowest BCUT2D eigenvalue weighted by Crippen LogP contribution is -2.32. The van der Waals surface area contributed by atoms with Crippen LogP contribution in [0.15, 0.2) is 10.5 Å². The summed E-state index contributed by atoms with van der Waals surface area (Å²) in [7, 11) is -0.841. The highest BCUT2D eigenvalue weighted by atomic mass is 32.2. The fraction of sp³-hybridized carbons (Fsp3) is 0.733. The molecule has 0 spiro atoms. The Balaban J connectivity index is 1.96. The van der Waals surface area contributed by atoms with E-state index in [1.54, 1.807) is 0 Å². The second-order valence-corrected chi connectivity index (χ2v) is 8.53. The Morgan fingerprint density at radius 1 is 1.48 bits per heavy atom. The number of sulfone groups is 1. The number of nitrogens with zero attached hydrogens (tertiary/aromatic N) is 1. The van der Waals surface area contributed by atoms with Crippen LogP contribution in [-0.2, 0) is 22.9 Å². The van der Waals surface area contributed by atoms with Crippen molar-refractivity contribution in [2.24, 2.45) is 0 Å². The van der Waals surface area contributed by atoms with Gasteiger partial charge < -0.3 is 9.73 Å². The summed E-state index contributed by atoms with van der Waals surface area (Å²) in [5, 5.41) is 3.33. The minimum Gasteiger partial charge on any atom is -0.465 e. The molecule has 21 heavy (non-hydrogen) atoms. The van der Waals surface area contributed by atoms with Gasteiger partial charge in [0.25, 0.3) is 0 Å². The Hall–Kier alpha value is -0.850.